The third-order valence-electron chi connectivity index (χ3n) is 5.77. The maximum Gasteiger partial charge on any atom is 0.0358 e. The Morgan fingerprint density at radius 2 is 1.78 bits per heavy atom. The maximum atomic E-state index is 6.21. The van der Waals surface area contributed by atoms with Gasteiger partial charge in [0.2, 0.25) is 0 Å². The molecule has 0 aromatic carbocycles. The molecule has 2 atom stereocenters. The molecule has 2 unspecified atom stereocenters. The summed E-state index contributed by atoms with van der Waals surface area (Å²) in [6.07, 6.45) is 8.38. The van der Waals surface area contributed by atoms with E-state index in [1.165, 1.54) is 64.7 Å². The van der Waals surface area contributed by atoms with Crippen molar-refractivity contribution in [2.45, 2.75) is 57.0 Å². The number of nitrogens with two attached hydrogens (primary N) is 1. The van der Waals surface area contributed by atoms with E-state index >= 15 is 0 Å². The summed E-state index contributed by atoms with van der Waals surface area (Å²) in [4.78, 5) is 5.45. The van der Waals surface area contributed by atoms with Crippen molar-refractivity contribution in [1.29, 1.82) is 0 Å². The van der Waals surface area contributed by atoms with E-state index in [9.17, 15) is 0 Å². The molecule has 3 rings (SSSR count). The Kier molecular flexibility index (Phi) is 3.65. The van der Waals surface area contributed by atoms with Crippen molar-refractivity contribution in [3.8, 4) is 0 Å². The average Bonchev–Trinajstić information content (AvgIpc) is 3.24. The number of rotatable bonds is 3. The summed E-state index contributed by atoms with van der Waals surface area (Å²) in [5.74, 6) is 0.781. The zero-order valence-corrected chi connectivity index (χ0v) is 11.9. The van der Waals surface area contributed by atoms with Gasteiger partial charge in [-0.25, -0.2) is 0 Å². The molecule has 2 aliphatic carbocycles. The van der Waals surface area contributed by atoms with Crippen LogP contribution in [0.2, 0.25) is 0 Å². The first-order chi connectivity index (χ1) is 8.76. The van der Waals surface area contributed by atoms with Crippen LogP contribution in [0.4, 0.5) is 0 Å². The lowest BCUT2D eigenvalue weighted by Crippen LogP contribution is -2.64. The Hall–Kier alpha value is -0.120. The molecule has 3 aliphatic rings. The zero-order valence-electron chi connectivity index (χ0n) is 11.9. The highest BCUT2D eigenvalue weighted by Gasteiger charge is 2.43. The smallest absolute Gasteiger partial charge is 0.0358 e. The van der Waals surface area contributed by atoms with Gasteiger partial charge in [0.1, 0.15) is 0 Å². The lowest BCUT2D eigenvalue weighted by atomic mass is 9.72. The molecular formula is C15H29N3. The third kappa shape index (κ3) is 2.21. The Morgan fingerprint density at radius 3 is 2.33 bits per heavy atom. The summed E-state index contributed by atoms with van der Waals surface area (Å²) >= 11 is 0. The molecule has 3 fully saturated rings. The van der Waals surface area contributed by atoms with Crippen LogP contribution >= 0.6 is 0 Å². The molecule has 3 heteroatoms. The van der Waals surface area contributed by atoms with Crippen LogP contribution in [-0.2, 0) is 0 Å². The highest BCUT2D eigenvalue weighted by atomic mass is 15.3. The van der Waals surface area contributed by atoms with Crippen LogP contribution < -0.4 is 5.73 Å². The summed E-state index contributed by atoms with van der Waals surface area (Å²) in [6, 6.07) is 0.935. The first-order valence-corrected chi connectivity index (χ1v) is 7.95. The first kappa shape index (κ1) is 12.9. The van der Waals surface area contributed by atoms with Gasteiger partial charge in [-0.2, -0.15) is 0 Å². The van der Waals surface area contributed by atoms with Gasteiger partial charge in [0, 0.05) is 44.3 Å². The number of nitrogens with zero attached hydrogens (tertiary/aromatic N) is 2. The summed E-state index contributed by atoms with van der Waals surface area (Å²) in [5.41, 5.74) is 6.54. The fourth-order valence-electron chi connectivity index (χ4n) is 4.27. The second kappa shape index (κ2) is 5.10. The minimum atomic E-state index is 0.327. The van der Waals surface area contributed by atoms with Gasteiger partial charge < -0.3 is 5.73 Å². The molecule has 1 heterocycles. The van der Waals surface area contributed by atoms with Crippen molar-refractivity contribution in [2.24, 2.45) is 11.7 Å². The zero-order chi connectivity index (χ0) is 12.6. The normalized spacial score (nSPS) is 40.0. The Labute approximate surface area is 112 Å². The van der Waals surface area contributed by atoms with E-state index in [2.05, 4.69) is 16.7 Å². The molecule has 18 heavy (non-hydrogen) atoms. The highest BCUT2D eigenvalue weighted by Crippen LogP contribution is 2.39. The van der Waals surface area contributed by atoms with Crippen molar-refractivity contribution in [1.82, 2.24) is 9.80 Å². The van der Waals surface area contributed by atoms with Crippen LogP contribution in [0, 0.1) is 5.92 Å². The Bertz CT molecular complexity index is 281. The largest absolute Gasteiger partial charge is 0.329 e. The summed E-state index contributed by atoms with van der Waals surface area (Å²) in [7, 11) is 0. The lowest BCUT2D eigenvalue weighted by molar-refractivity contribution is -0.0206. The standard InChI is InChI=1S/C15H29N3/c1-13-4-2-3-7-15(13,12-16)18-10-8-17(9-11-18)14-5-6-14/h13-14H,2-12,16H2,1H3. The minimum Gasteiger partial charge on any atom is -0.329 e. The fourth-order valence-corrected chi connectivity index (χ4v) is 4.27. The quantitative estimate of drug-likeness (QED) is 0.828. The van der Waals surface area contributed by atoms with E-state index in [1.807, 2.05) is 0 Å². The highest BCUT2D eigenvalue weighted by molar-refractivity contribution is 5.00. The molecule has 3 nitrogen and oxygen atoms in total. The van der Waals surface area contributed by atoms with E-state index in [0.29, 0.717) is 5.54 Å². The topological polar surface area (TPSA) is 32.5 Å². The minimum absolute atomic E-state index is 0.327. The van der Waals surface area contributed by atoms with Crippen LogP contribution in [0.3, 0.4) is 0 Å². The molecule has 1 aliphatic heterocycles. The predicted octanol–water partition coefficient (Wildman–Crippen LogP) is 1.67. The molecule has 0 radical (unpaired) electrons. The lowest BCUT2D eigenvalue weighted by Gasteiger charge is -2.52. The van der Waals surface area contributed by atoms with Crippen LogP contribution in [0.25, 0.3) is 0 Å². The van der Waals surface area contributed by atoms with Gasteiger partial charge >= 0.3 is 0 Å². The molecule has 0 aromatic rings. The number of piperazine rings is 1. The van der Waals surface area contributed by atoms with Crippen molar-refractivity contribution >= 4 is 0 Å². The molecule has 2 N–H and O–H groups in total. The van der Waals surface area contributed by atoms with E-state index in [4.69, 9.17) is 5.73 Å². The molecule has 0 spiro atoms. The molecule has 0 aromatic heterocycles. The second-order valence-electron chi connectivity index (χ2n) is 6.71. The SMILES string of the molecule is CC1CCCCC1(CN)N1CCN(C2CC2)CC1. The molecule has 0 amide bonds. The average molecular weight is 251 g/mol. The molecule has 1 saturated heterocycles. The van der Waals surface area contributed by atoms with Gasteiger partial charge in [-0.1, -0.05) is 19.8 Å². The van der Waals surface area contributed by atoms with Crippen molar-refractivity contribution < 1.29 is 0 Å². The molecule has 2 saturated carbocycles. The third-order valence-corrected chi connectivity index (χ3v) is 5.77. The van der Waals surface area contributed by atoms with Crippen LogP contribution in [0.5, 0.6) is 0 Å². The Balaban J connectivity index is 1.64. The van der Waals surface area contributed by atoms with E-state index < -0.39 is 0 Å². The van der Waals surface area contributed by atoms with Crippen molar-refractivity contribution in [3.63, 3.8) is 0 Å². The Morgan fingerprint density at radius 1 is 1.06 bits per heavy atom. The van der Waals surface area contributed by atoms with Gasteiger partial charge in [-0.05, 0) is 31.6 Å². The monoisotopic (exact) mass is 251 g/mol. The fraction of sp³-hybridized carbons (Fsp3) is 1.00. The molecule has 0 bridgehead atoms. The van der Waals surface area contributed by atoms with Crippen LogP contribution in [-0.4, -0.2) is 54.1 Å². The van der Waals surface area contributed by atoms with E-state index in [-0.39, 0.29) is 0 Å². The molecule has 104 valence electrons. The summed E-state index contributed by atoms with van der Waals surface area (Å²) < 4.78 is 0. The predicted molar refractivity (Wildman–Crippen MR) is 75.6 cm³/mol. The second-order valence-corrected chi connectivity index (χ2v) is 6.71. The summed E-state index contributed by atoms with van der Waals surface area (Å²) in [6.45, 7) is 8.34. The van der Waals surface area contributed by atoms with Crippen LogP contribution in [0.1, 0.15) is 45.4 Å². The van der Waals surface area contributed by atoms with Crippen LogP contribution in [0.15, 0.2) is 0 Å². The molecular weight excluding hydrogens is 222 g/mol. The summed E-state index contributed by atoms with van der Waals surface area (Å²) in [5, 5.41) is 0. The van der Waals surface area contributed by atoms with E-state index in [1.54, 1.807) is 0 Å². The van der Waals surface area contributed by atoms with Crippen molar-refractivity contribution in [2.75, 3.05) is 32.7 Å². The van der Waals surface area contributed by atoms with Crippen molar-refractivity contribution in [3.05, 3.63) is 0 Å². The maximum absolute atomic E-state index is 6.21. The van der Waals surface area contributed by atoms with Gasteiger partial charge in [-0.15, -0.1) is 0 Å². The first-order valence-electron chi connectivity index (χ1n) is 7.95. The van der Waals surface area contributed by atoms with Gasteiger partial charge in [-0.3, -0.25) is 9.80 Å². The number of hydrogen-bond donors (Lipinski definition) is 1. The number of hydrogen-bond acceptors (Lipinski definition) is 3. The van der Waals surface area contributed by atoms with Gasteiger partial charge in [0.05, 0.1) is 0 Å². The van der Waals surface area contributed by atoms with E-state index in [0.717, 1.165) is 18.5 Å². The van der Waals surface area contributed by atoms with Gasteiger partial charge in [0.15, 0.2) is 0 Å². The van der Waals surface area contributed by atoms with Gasteiger partial charge in [0.25, 0.3) is 0 Å².